The quantitative estimate of drug-likeness (QED) is 0.0188. The maximum absolute atomic E-state index is 12.3. The SMILES string of the molecule is C.CC.CC(C)(C)c1cc(CCC(=O)NCc2ccccc2)cc(C(C)(C)C)c1O.CC(O)c1ccccc1.CC(OC(=O)c1ccccc1)c1ccccc1.CCCCC(CC)CO.CCCCC(CC)COC(=O)c1ccc(N(C)C)cc1.CCOC(=O)c1ccc(N(C)C)cc1.COC(=O)CCc1cc(C(C)(C)C)c(O)c(C(C)(C)C)c1.O=C(O)c1ccccc1. The highest BCUT2D eigenvalue weighted by Gasteiger charge is 2.29. The maximum Gasteiger partial charge on any atom is 0.338 e. The third-order valence-corrected chi connectivity index (χ3v) is 20.6. The Morgan fingerprint density at radius 2 is 0.775 bits per heavy atom. The van der Waals surface area contributed by atoms with Crippen LogP contribution in [0, 0.1) is 11.8 Å². The number of carbonyl (C=O) groups excluding carboxylic acids is 5. The maximum atomic E-state index is 12.3. The molecule has 1 amide bonds. The van der Waals surface area contributed by atoms with E-state index in [9.17, 15) is 39.0 Å². The van der Waals surface area contributed by atoms with Crippen LogP contribution in [0.2, 0.25) is 0 Å². The third kappa shape index (κ3) is 47.7. The lowest BCUT2D eigenvalue weighted by atomic mass is 9.78. The number of nitrogens with zero attached hydrogens (tertiary/aromatic N) is 2. The van der Waals surface area contributed by atoms with Crippen LogP contribution in [0.3, 0.4) is 0 Å². The monoisotopic (exact) mass is 1780 g/mol. The first-order valence-electron chi connectivity index (χ1n) is 45.3. The molecule has 0 bridgehead atoms. The molecule has 0 aliphatic rings. The van der Waals surface area contributed by atoms with Crippen LogP contribution in [0.1, 0.15) is 321 Å². The van der Waals surface area contributed by atoms with E-state index in [4.69, 9.17) is 34.3 Å². The summed E-state index contributed by atoms with van der Waals surface area (Å²) >= 11 is 0. The van der Waals surface area contributed by atoms with Gasteiger partial charge in [0, 0.05) is 65.6 Å². The summed E-state index contributed by atoms with van der Waals surface area (Å²) < 4.78 is 20.4. The normalized spacial score (nSPS) is 11.5. The molecule has 0 aliphatic carbocycles. The van der Waals surface area contributed by atoms with Gasteiger partial charge in [0.25, 0.3) is 0 Å². The molecule has 129 heavy (non-hydrogen) atoms. The molecule has 6 N–H and O–H groups in total. The number of carboxylic acids is 1. The van der Waals surface area contributed by atoms with Crippen molar-refractivity contribution >= 4 is 47.1 Å². The molecule has 0 fully saturated rings. The molecule has 710 valence electrons. The van der Waals surface area contributed by atoms with E-state index >= 15 is 0 Å². The topological polar surface area (TPSA) is 259 Å². The third-order valence-electron chi connectivity index (χ3n) is 20.6. The molecule has 0 heterocycles. The number of esters is 4. The average Bonchev–Trinajstić information content (AvgIpc) is 0.786. The molecule has 4 unspecified atom stereocenters. The molecule has 9 rings (SSSR count). The van der Waals surface area contributed by atoms with Gasteiger partial charge in [0.1, 0.15) is 17.6 Å². The lowest BCUT2D eigenvalue weighted by molar-refractivity contribution is -0.140. The van der Waals surface area contributed by atoms with Gasteiger partial charge in [-0.3, -0.25) is 9.59 Å². The fourth-order valence-electron chi connectivity index (χ4n) is 12.5. The van der Waals surface area contributed by atoms with Crippen LogP contribution in [0.5, 0.6) is 11.5 Å². The number of aryl methyl sites for hydroxylation is 2. The molecule has 4 atom stereocenters. The van der Waals surface area contributed by atoms with Gasteiger partial charge in [-0.05, 0) is 203 Å². The molecule has 18 nitrogen and oxygen atoms in total. The number of carbonyl (C=O) groups is 6. The Balaban J connectivity index is 0.00000148. The molecule has 9 aromatic carbocycles. The van der Waals surface area contributed by atoms with E-state index in [0.29, 0.717) is 97.6 Å². The average molecular weight is 1780 g/mol. The van der Waals surface area contributed by atoms with Gasteiger partial charge in [0.15, 0.2) is 0 Å². The predicted molar refractivity (Wildman–Crippen MR) is 535 cm³/mol. The fraction of sp³-hybridized carbons (Fsp3) is 0.459. The van der Waals surface area contributed by atoms with Crippen LogP contribution < -0.4 is 15.1 Å². The van der Waals surface area contributed by atoms with Crippen molar-refractivity contribution < 1.29 is 73.2 Å². The van der Waals surface area contributed by atoms with Crippen LogP contribution in [0.4, 0.5) is 11.4 Å². The number of benzene rings is 9. The number of rotatable bonds is 29. The Morgan fingerprint density at radius 1 is 0.434 bits per heavy atom. The minimum atomic E-state index is -0.879. The molecule has 9 aromatic rings. The van der Waals surface area contributed by atoms with Crippen molar-refractivity contribution in [2.45, 2.75) is 270 Å². The number of aliphatic hydroxyl groups excluding tert-OH is 2. The number of methoxy groups -OCH3 is 1. The number of aromatic hydroxyl groups is 2. The van der Waals surface area contributed by atoms with Gasteiger partial charge >= 0.3 is 29.8 Å². The molecule has 0 saturated carbocycles. The highest BCUT2D eigenvalue weighted by molar-refractivity contribution is 5.91. The number of amides is 1. The number of aliphatic hydroxyl groups is 2. The number of nitrogens with one attached hydrogen (secondary N) is 1. The first-order valence-corrected chi connectivity index (χ1v) is 45.3. The van der Waals surface area contributed by atoms with E-state index in [1.165, 1.54) is 39.2 Å². The second-order valence-electron chi connectivity index (χ2n) is 35.7. The van der Waals surface area contributed by atoms with Gasteiger partial charge in [-0.15, -0.1) is 0 Å². The first kappa shape index (κ1) is 118. The van der Waals surface area contributed by atoms with Crippen molar-refractivity contribution in [1.29, 1.82) is 0 Å². The molecule has 18 heteroatoms. The van der Waals surface area contributed by atoms with Gasteiger partial charge in [0.2, 0.25) is 5.91 Å². The largest absolute Gasteiger partial charge is 0.507 e. The smallest absolute Gasteiger partial charge is 0.338 e. The molecule has 0 spiro atoms. The zero-order chi connectivity index (χ0) is 96.8. The summed E-state index contributed by atoms with van der Waals surface area (Å²) in [6, 6.07) is 69.5. The minimum absolute atomic E-state index is 0. The summed E-state index contributed by atoms with van der Waals surface area (Å²) in [5.41, 5.74) is 12.6. The van der Waals surface area contributed by atoms with E-state index < -0.39 is 5.97 Å². The number of phenolic OH excluding ortho intramolecular Hbond substituents is 2. The Hall–Kier alpha value is -11.1. The second-order valence-corrected chi connectivity index (χ2v) is 35.7. The number of aromatic carboxylic acids is 1. The van der Waals surface area contributed by atoms with Crippen molar-refractivity contribution in [2.75, 3.05) is 64.9 Å². The molecular weight excluding hydrogens is 1620 g/mol. The predicted octanol–water partition coefficient (Wildman–Crippen LogP) is 26.0. The zero-order valence-corrected chi connectivity index (χ0v) is 82.2. The molecule has 0 radical (unpaired) electrons. The van der Waals surface area contributed by atoms with E-state index in [-0.39, 0.29) is 71.1 Å². The number of hydrogen-bond acceptors (Lipinski definition) is 16. The fourth-order valence-corrected chi connectivity index (χ4v) is 12.5. The van der Waals surface area contributed by atoms with Crippen molar-refractivity contribution in [3.05, 3.63) is 297 Å². The summed E-state index contributed by atoms with van der Waals surface area (Å²) in [6.45, 7) is 45.1. The number of phenols is 2. The Bertz CT molecular complexity index is 4470. The molecule has 0 aromatic heterocycles. The van der Waals surface area contributed by atoms with Crippen molar-refractivity contribution in [3.63, 3.8) is 0 Å². The van der Waals surface area contributed by atoms with Crippen LogP contribution in [0.25, 0.3) is 0 Å². The van der Waals surface area contributed by atoms with E-state index in [1.807, 2.05) is 216 Å². The van der Waals surface area contributed by atoms with Gasteiger partial charge in [-0.2, -0.15) is 0 Å². The van der Waals surface area contributed by atoms with Crippen LogP contribution in [-0.4, -0.2) is 116 Å². The number of unbranched alkanes of at least 4 members (excludes halogenated alkanes) is 2. The first-order chi connectivity index (χ1) is 60.4. The highest BCUT2D eigenvalue weighted by Crippen LogP contribution is 2.42. The van der Waals surface area contributed by atoms with Crippen LogP contribution in [0.15, 0.2) is 224 Å². The zero-order valence-electron chi connectivity index (χ0n) is 82.2. The number of hydrogen-bond donors (Lipinski definition) is 6. The van der Waals surface area contributed by atoms with Crippen molar-refractivity contribution in [3.8, 4) is 11.5 Å². The van der Waals surface area contributed by atoms with E-state index in [2.05, 4.69) is 128 Å². The standard InChI is InChI=1S/C24H33NO2.C18H28O3.C17H27NO2.C15H14O2.C11H15NO2.C8H10O.C8H18O.C7H6O2.C2H6.CH4/c1-23(2,3)19-14-18(15-20(22(19)27)24(4,5)6)12-13-21(26)25-16-17-10-8-7-9-11-17;1-17(2,3)13-10-12(8-9-15(19)21-7)11-14(16(13)20)18(4,5)6;1-5-7-8-14(6-2)13-20-17(19)15-9-11-16(12-10-15)18(3)4;1-12(13-8-4-2-5-9-13)17-15(16)14-10-6-3-7-11-14;1-4-14-11(13)9-5-7-10(8-6-9)12(2)3;1-7(9)8-5-3-2-4-6-8;1-3-5-6-8(4-2)7-9;8-7(9)6-4-2-1-3-5-6;1-2;/h7-11,14-15,27H,12-13,16H2,1-6H3,(H,25,26);10-11,20H,8-9H2,1-7H3;9-12,14H,5-8,13H2,1-4H3;2-12H,1H3;5-8H,4H2,1-3H3;2-7,9H,1H3;8-9H,3-7H2,1-2H3;1-5H,(H,8,9);1-2H3;1H4. The highest BCUT2D eigenvalue weighted by atomic mass is 16.5. The van der Waals surface area contributed by atoms with Gasteiger partial charge < -0.3 is 59.6 Å². The Kier molecular flexibility index (Phi) is 57.6. The lowest BCUT2D eigenvalue weighted by Crippen LogP contribution is -2.23. The lowest BCUT2D eigenvalue weighted by Gasteiger charge is -2.28. The molecule has 0 saturated heterocycles. The van der Waals surface area contributed by atoms with Crippen LogP contribution in [-0.2, 0) is 69.6 Å². The summed E-state index contributed by atoms with van der Waals surface area (Å²) in [4.78, 5) is 72.9. The number of carboxylic acid groups (broad SMARTS) is 1. The van der Waals surface area contributed by atoms with Crippen LogP contribution >= 0.6 is 0 Å². The number of anilines is 2. The second kappa shape index (κ2) is 63.0. The van der Waals surface area contributed by atoms with E-state index in [1.54, 1.807) is 68.4 Å². The van der Waals surface area contributed by atoms with Crippen molar-refractivity contribution in [1.82, 2.24) is 5.32 Å². The summed E-state index contributed by atoms with van der Waals surface area (Å²) in [5.74, 6) is -0.0196. The van der Waals surface area contributed by atoms with E-state index in [0.717, 1.165) is 80.7 Å². The summed E-state index contributed by atoms with van der Waals surface area (Å²) in [5, 5.41) is 50.6. The summed E-state index contributed by atoms with van der Waals surface area (Å²) in [7, 11) is 9.28. The summed E-state index contributed by atoms with van der Waals surface area (Å²) in [6.07, 6.45) is 10.9. The Morgan fingerprint density at radius 3 is 1.09 bits per heavy atom. The van der Waals surface area contributed by atoms with Crippen molar-refractivity contribution in [2.24, 2.45) is 11.8 Å². The number of ether oxygens (including phenoxy) is 4. The van der Waals surface area contributed by atoms with Gasteiger partial charge in [0.05, 0.1) is 48.7 Å². The molecular formula is C111H161N3O15. The Labute approximate surface area is 776 Å². The van der Waals surface area contributed by atoms with Gasteiger partial charge in [-0.1, -0.05) is 322 Å². The minimum Gasteiger partial charge on any atom is -0.507 e. The molecule has 0 aliphatic heterocycles. The van der Waals surface area contributed by atoms with Gasteiger partial charge in [-0.25, -0.2) is 19.2 Å².